The van der Waals surface area contributed by atoms with Gasteiger partial charge in [0.05, 0.1) is 13.2 Å². The van der Waals surface area contributed by atoms with E-state index in [9.17, 15) is 24.3 Å². The van der Waals surface area contributed by atoms with Crippen molar-refractivity contribution in [3.05, 3.63) is 4.91 Å². The lowest BCUT2D eigenvalue weighted by atomic mass is 10.0. The molecule has 0 bridgehead atoms. The summed E-state index contributed by atoms with van der Waals surface area (Å²) in [6.45, 7) is 0.740. The Balaban J connectivity index is 3.47. The monoisotopic (exact) mass is 481 g/mol. The zero-order valence-corrected chi connectivity index (χ0v) is 20.6. The molecule has 0 saturated heterocycles. The second-order valence-electron chi connectivity index (χ2n) is 8.13. The van der Waals surface area contributed by atoms with Gasteiger partial charge in [0.15, 0.2) is 0 Å². The lowest BCUT2D eigenvalue weighted by molar-refractivity contribution is -0.147. The molecule has 0 rings (SSSR count). The van der Waals surface area contributed by atoms with Crippen LogP contribution >= 0.6 is 7.82 Å². The van der Waals surface area contributed by atoms with Crippen molar-refractivity contribution >= 4 is 13.8 Å². The summed E-state index contributed by atoms with van der Waals surface area (Å²) in [6.07, 6.45) is 16.4. The number of ether oxygens (including phenoxy) is 1. The van der Waals surface area contributed by atoms with E-state index < -0.39 is 26.5 Å². The second kappa shape index (κ2) is 22.0. The number of hydrogen-bond acceptors (Lipinski definition) is 8. The minimum atomic E-state index is -4.37. The number of nitroso groups, excluding NO2 is 1. The first-order valence-corrected chi connectivity index (χ1v) is 13.7. The van der Waals surface area contributed by atoms with E-state index in [0.717, 1.165) is 19.3 Å². The van der Waals surface area contributed by atoms with Crippen LogP contribution in [0, 0.1) is 4.91 Å². The molecular formula is C22H44NO8P. The Hall–Kier alpha value is -0.860. The molecule has 0 spiro atoms. The number of carbonyl (C=O) groups excluding carboxylic acids is 1. The Bertz CT molecular complexity index is 506. The van der Waals surface area contributed by atoms with Gasteiger partial charge in [-0.1, -0.05) is 95.6 Å². The van der Waals surface area contributed by atoms with Gasteiger partial charge in [-0.2, -0.15) is 4.91 Å². The van der Waals surface area contributed by atoms with Crippen molar-refractivity contribution in [1.82, 2.24) is 0 Å². The maximum Gasteiger partial charge on any atom is 0.472 e. The van der Waals surface area contributed by atoms with Crippen LogP contribution in [0.4, 0.5) is 0 Å². The number of phosphoric ester groups is 1. The smallest absolute Gasteiger partial charge is 0.463 e. The van der Waals surface area contributed by atoms with Crippen LogP contribution in [0.5, 0.6) is 0 Å². The van der Waals surface area contributed by atoms with Crippen molar-refractivity contribution < 1.29 is 33.1 Å². The summed E-state index contributed by atoms with van der Waals surface area (Å²) >= 11 is 0. The van der Waals surface area contributed by atoms with Crippen molar-refractivity contribution in [3.8, 4) is 0 Å². The summed E-state index contributed by atoms with van der Waals surface area (Å²) < 4.78 is 25.4. The van der Waals surface area contributed by atoms with Gasteiger partial charge in [-0.05, 0) is 6.42 Å². The number of nitrogens with zero attached hydrogens (tertiary/aromatic N) is 1. The lowest BCUT2D eigenvalue weighted by Gasteiger charge is -2.15. The molecule has 0 aliphatic rings. The van der Waals surface area contributed by atoms with Crippen molar-refractivity contribution in [1.29, 1.82) is 0 Å². The van der Waals surface area contributed by atoms with Crippen LogP contribution in [0.2, 0.25) is 0 Å². The number of hydrogen-bond donors (Lipinski definition) is 2. The third-order valence-corrected chi connectivity index (χ3v) is 6.02. The minimum Gasteiger partial charge on any atom is -0.463 e. The van der Waals surface area contributed by atoms with Gasteiger partial charge in [0, 0.05) is 6.42 Å². The molecule has 0 aromatic rings. The van der Waals surface area contributed by atoms with E-state index in [1.807, 2.05) is 0 Å². The van der Waals surface area contributed by atoms with Crippen LogP contribution in [0.1, 0.15) is 103 Å². The highest BCUT2D eigenvalue weighted by atomic mass is 31.2. The molecule has 0 saturated carbocycles. The van der Waals surface area contributed by atoms with E-state index in [4.69, 9.17) is 4.74 Å². The molecule has 0 aliphatic carbocycles. The fourth-order valence-electron chi connectivity index (χ4n) is 3.18. The largest absolute Gasteiger partial charge is 0.472 e. The van der Waals surface area contributed by atoms with Crippen LogP contribution in [-0.2, 0) is 23.1 Å². The highest BCUT2D eigenvalue weighted by Crippen LogP contribution is 2.42. The molecule has 0 amide bonds. The van der Waals surface area contributed by atoms with Gasteiger partial charge in [0.25, 0.3) is 0 Å². The van der Waals surface area contributed by atoms with Crippen LogP contribution in [0.25, 0.3) is 0 Å². The topological polar surface area (TPSA) is 132 Å². The van der Waals surface area contributed by atoms with E-state index in [2.05, 4.69) is 21.1 Å². The standard InChI is InChI=1S/C22H44NO8P/c1-2-3-4-5-6-7-8-9-10-11-12-13-14-15-16-22(25)29-19-21(24)20-31-32(27,28)30-18-17-23-26/h21,24H,2-20H2,1H3,(H,27,28). The van der Waals surface area contributed by atoms with Crippen LogP contribution in [0.3, 0.4) is 0 Å². The Labute approximate surface area is 193 Å². The molecule has 2 atom stereocenters. The molecule has 0 aliphatic heterocycles. The zero-order valence-electron chi connectivity index (χ0n) is 19.8. The summed E-state index contributed by atoms with van der Waals surface area (Å²) in [4.78, 5) is 30.9. The van der Waals surface area contributed by atoms with E-state index in [-0.39, 0.29) is 26.2 Å². The Morgan fingerprint density at radius 1 is 0.844 bits per heavy atom. The molecule has 10 heteroatoms. The molecule has 0 fully saturated rings. The molecule has 0 aromatic heterocycles. The first-order valence-electron chi connectivity index (χ1n) is 12.2. The SMILES string of the molecule is CCCCCCCCCCCCCCCCC(=O)OCC(O)COP(=O)(O)OCCN=O. The van der Waals surface area contributed by atoms with E-state index >= 15 is 0 Å². The first kappa shape index (κ1) is 31.1. The Morgan fingerprint density at radius 3 is 1.84 bits per heavy atom. The fourth-order valence-corrected chi connectivity index (χ4v) is 3.93. The second-order valence-corrected chi connectivity index (χ2v) is 9.59. The summed E-state index contributed by atoms with van der Waals surface area (Å²) in [7, 11) is -4.37. The van der Waals surface area contributed by atoms with Gasteiger partial charge in [-0.25, -0.2) is 4.57 Å². The summed E-state index contributed by atoms with van der Waals surface area (Å²) in [5.41, 5.74) is 0. The molecular weight excluding hydrogens is 437 g/mol. The summed E-state index contributed by atoms with van der Waals surface area (Å²) in [5, 5.41) is 12.2. The predicted molar refractivity (Wildman–Crippen MR) is 124 cm³/mol. The summed E-state index contributed by atoms with van der Waals surface area (Å²) in [6, 6.07) is 0. The third kappa shape index (κ3) is 22.3. The van der Waals surface area contributed by atoms with Gasteiger partial charge in [0.2, 0.25) is 0 Å². The van der Waals surface area contributed by atoms with Crippen molar-refractivity contribution in [2.75, 3.05) is 26.4 Å². The van der Waals surface area contributed by atoms with Gasteiger partial charge in [-0.15, -0.1) is 0 Å². The van der Waals surface area contributed by atoms with E-state index in [0.29, 0.717) is 0 Å². The van der Waals surface area contributed by atoms with E-state index in [1.165, 1.54) is 70.6 Å². The lowest BCUT2D eigenvalue weighted by Crippen LogP contribution is -2.23. The Morgan fingerprint density at radius 2 is 1.34 bits per heavy atom. The number of carbonyl (C=O) groups is 1. The maximum absolute atomic E-state index is 11.7. The maximum atomic E-state index is 11.7. The van der Waals surface area contributed by atoms with Crippen molar-refractivity contribution in [2.24, 2.45) is 5.18 Å². The number of aliphatic hydroxyl groups is 1. The molecule has 0 heterocycles. The quantitative estimate of drug-likeness (QED) is 0.0781. The molecule has 9 nitrogen and oxygen atoms in total. The highest BCUT2D eigenvalue weighted by Gasteiger charge is 2.23. The zero-order chi connectivity index (χ0) is 23.9. The molecule has 0 radical (unpaired) electrons. The minimum absolute atomic E-state index is 0.284. The summed E-state index contributed by atoms with van der Waals surface area (Å²) in [5.74, 6) is -0.413. The van der Waals surface area contributed by atoms with Crippen molar-refractivity contribution in [3.63, 3.8) is 0 Å². The van der Waals surface area contributed by atoms with Crippen LogP contribution in [0.15, 0.2) is 5.18 Å². The average Bonchev–Trinajstić information content (AvgIpc) is 2.76. The van der Waals surface area contributed by atoms with Gasteiger partial charge in [0.1, 0.15) is 19.3 Å². The van der Waals surface area contributed by atoms with Gasteiger partial charge in [-0.3, -0.25) is 13.8 Å². The van der Waals surface area contributed by atoms with Crippen LogP contribution < -0.4 is 0 Å². The molecule has 0 aromatic carbocycles. The number of rotatable bonds is 24. The average molecular weight is 482 g/mol. The number of aliphatic hydroxyl groups excluding tert-OH is 1. The number of unbranched alkanes of at least 4 members (excludes halogenated alkanes) is 13. The fraction of sp³-hybridized carbons (Fsp3) is 0.955. The Kier molecular flexibility index (Phi) is 21.4. The van der Waals surface area contributed by atoms with Gasteiger partial charge < -0.3 is 14.7 Å². The molecule has 2 N–H and O–H groups in total. The molecule has 32 heavy (non-hydrogen) atoms. The third-order valence-electron chi connectivity index (χ3n) is 5.04. The normalized spacial score (nSPS) is 14.1. The van der Waals surface area contributed by atoms with Crippen LogP contribution in [-0.4, -0.2) is 48.4 Å². The number of phosphoric acid groups is 1. The first-order chi connectivity index (χ1) is 15.4. The predicted octanol–water partition coefficient (Wildman–Crippen LogP) is 5.66. The van der Waals surface area contributed by atoms with Crippen molar-refractivity contribution in [2.45, 2.75) is 109 Å². The highest BCUT2D eigenvalue weighted by molar-refractivity contribution is 7.47. The number of esters is 1. The van der Waals surface area contributed by atoms with Gasteiger partial charge >= 0.3 is 13.8 Å². The van der Waals surface area contributed by atoms with E-state index in [1.54, 1.807) is 0 Å². The molecule has 190 valence electrons. The molecule has 2 unspecified atom stereocenters.